The quantitative estimate of drug-likeness (QED) is 0.161. The third kappa shape index (κ3) is 4.78. The van der Waals surface area contributed by atoms with Crippen LogP contribution in [0.15, 0.2) is 194 Å². The van der Waals surface area contributed by atoms with Crippen LogP contribution in [0.2, 0.25) is 0 Å². The summed E-state index contributed by atoms with van der Waals surface area (Å²) in [6.45, 7) is 4.78. The molecule has 55 heavy (non-hydrogen) atoms. The van der Waals surface area contributed by atoms with Crippen molar-refractivity contribution in [3.05, 3.63) is 205 Å². The highest BCUT2D eigenvalue weighted by molar-refractivity contribution is 6.26. The summed E-state index contributed by atoms with van der Waals surface area (Å²) < 4.78 is 0. The first kappa shape index (κ1) is 31.7. The minimum Gasteiger partial charge on any atom is -0.0619 e. The summed E-state index contributed by atoms with van der Waals surface area (Å²) in [5, 5.41) is 10.2. The molecule has 0 saturated carbocycles. The predicted octanol–water partition coefficient (Wildman–Crippen LogP) is 15.3. The van der Waals surface area contributed by atoms with Crippen molar-refractivity contribution in [2.45, 2.75) is 19.3 Å². The lowest BCUT2D eigenvalue weighted by molar-refractivity contribution is 0.661. The van der Waals surface area contributed by atoms with Crippen LogP contribution in [0.5, 0.6) is 0 Å². The minimum atomic E-state index is -0.130. The van der Waals surface area contributed by atoms with E-state index in [0.29, 0.717) is 0 Å². The van der Waals surface area contributed by atoms with Crippen molar-refractivity contribution in [2.24, 2.45) is 0 Å². The van der Waals surface area contributed by atoms with Crippen molar-refractivity contribution in [3.63, 3.8) is 0 Å². The number of fused-ring (bicyclic) bond motifs is 8. The van der Waals surface area contributed by atoms with Gasteiger partial charge in [-0.15, -0.1) is 0 Å². The highest BCUT2D eigenvalue weighted by Crippen LogP contribution is 2.56. The lowest BCUT2D eigenvalue weighted by Gasteiger charge is -2.24. The van der Waals surface area contributed by atoms with Crippen LogP contribution >= 0.6 is 0 Å². The Morgan fingerprint density at radius 1 is 0.291 bits per heavy atom. The van der Waals surface area contributed by atoms with E-state index in [2.05, 4.69) is 208 Å². The van der Waals surface area contributed by atoms with Crippen molar-refractivity contribution in [3.8, 4) is 55.6 Å². The molecular formula is C55H38. The molecule has 258 valence electrons. The lowest BCUT2D eigenvalue weighted by atomic mass is 9.78. The average molecular weight is 699 g/mol. The van der Waals surface area contributed by atoms with Gasteiger partial charge in [-0.2, -0.15) is 0 Å². The van der Waals surface area contributed by atoms with Gasteiger partial charge in [-0.1, -0.05) is 196 Å². The SMILES string of the molecule is CC1(C)c2ccccc2-c2c1ccc1c(-c3cccc(-c4cccc5ccccc45)c3)c3ccccc3c(-c3ccccc3-c3ccc4ccccc4c3)c21. The molecule has 0 fully saturated rings. The fourth-order valence-electron chi connectivity index (χ4n) is 9.68. The standard InChI is InChI=1S/C55H38/c1-55(2)49-28-12-11-26-47(49)53-50(55)32-31-48-51(40-20-13-19-38(34-40)42-27-14-18-36-16-5-6-21-41(36)42)45-24-9-10-25-46(45)52(54(48)53)44-23-8-7-22-43(44)39-30-29-35-15-3-4-17-37(35)33-39/h3-34H,1-2H3. The second kappa shape index (κ2) is 12.1. The molecule has 0 bridgehead atoms. The monoisotopic (exact) mass is 698 g/mol. The largest absolute Gasteiger partial charge is 0.0619 e. The van der Waals surface area contributed by atoms with Crippen molar-refractivity contribution in [1.29, 1.82) is 0 Å². The average Bonchev–Trinajstić information content (AvgIpc) is 3.48. The summed E-state index contributed by atoms with van der Waals surface area (Å²) in [5.41, 5.74) is 15.4. The molecule has 0 nitrogen and oxygen atoms in total. The van der Waals surface area contributed by atoms with Crippen LogP contribution in [0.4, 0.5) is 0 Å². The molecule has 0 aliphatic heterocycles. The number of hydrogen-bond acceptors (Lipinski definition) is 0. The normalized spacial score (nSPS) is 13.1. The van der Waals surface area contributed by atoms with Gasteiger partial charge in [0.25, 0.3) is 0 Å². The van der Waals surface area contributed by atoms with Crippen molar-refractivity contribution in [1.82, 2.24) is 0 Å². The number of rotatable bonds is 4. The van der Waals surface area contributed by atoms with Crippen LogP contribution in [0.3, 0.4) is 0 Å². The van der Waals surface area contributed by atoms with Crippen LogP contribution in [0, 0.1) is 0 Å². The zero-order valence-corrected chi connectivity index (χ0v) is 31.0. The summed E-state index contributed by atoms with van der Waals surface area (Å²) in [4.78, 5) is 0. The number of hydrogen-bond donors (Lipinski definition) is 0. The molecule has 1 aliphatic carbocycles. The highest BCUT2D eigenvalue weighted by Gasteiger charge is 2.37. The van der Waals surface area contributed by atoms with E-state index in [-0.39, 0.29) is 5.41 Å². The van der Waals surface area contributed by atoms with E-state index in [4.69, 9.17) is 0 Å². The van der Waals surface area contributed by atoms with E-state index in [1.807, 2.05) is 0 Å². The Balaban J connectivity index is 1.27. The van der Waals surface area contributed by atoms with Gasteiger partial charge in [0.05, 0.1) is 0 Å². The molecule has 0 heterocycles. The molecule has 0 aromatic heterocycles. The topological polar surface area (TPSA) is 0 Å². The van der Waals surface area contributed by atoms with Gasteiger partial charge in [-0.05, 0) is 122 Å². The van der Waals surface area contributed by atoms with Gasteiger partial charge in [-0.3, -0.25) is 0 Å². The molecule has 0 heteroatoms. The molecule has 1 aliphatic rings. The van der Waals surface area contributed by atoms with Gasteiger partial charge in [0, 0.05) is 5.41 Å². The van der Waals surface area contributed by atoms with E-state index < -0.39 is 0 Å². The van der Waals surface area contributed by atoms with Crippen LogP contribution in [-0.4, -0.2) is 0 Å². The molecule has 0 radical (unpaired) electrons. The van der Waals surface area contributed by atoms with Crippen LogP contribution in [0.25, 0.3) is 98.7 Å². The summed E-state index contributed by atoms with van der Waals surface area (Å²) in [6.07, 6.45) is 0. The van der Waals surface area contributed by atoms with Crippen LogP contribution in [0.1, 0.15) is 25.0 Å². The first-order valence-electron chi connectivity index (χ1n) is 19.4. The lowest BCUT2D eigenvalue weighted by Crippen LogP contribution is -2.14. The molecule has 0 N–H and O–H groups in total. The molecule has 10 aromatic carbocycles. The molecule has 11 rings (SSSR count). The predicted molar refractivity (Wildman–Crippen MR) is 236 cm³/mol. The Morgan fingerprint density at radius 3 is 1.71 bits per heavy atom. The maximum Gasteiger partial charge on any atom is 0.0159 e. The summed E-state index contributed by atoms with van der Waals surface area (Å²) in [6, 6.07) is 72.3. The van der Waals surface area contributed by atoms with Crippen molar-refractivity contribution < 1.29 is 0 Å². The molecular weight excluding hydrogens is 661 g/mol. The van der Waals surface area contributed by atoms with Gasteiger partial charge in [0.1, 0.15) is 0 Å². The summed E-state index contributed by atoms with van der Waals surface area (Å²) in [5.74, 6) is 0. The second-order valence-corrected chi connectivity index (χ2v) is 15.6. The molecule has 0 spiro atoms. The van der Waals surface area contributed by atoms with Gasteiger partial charge in [-0.25, -0.2) is 0 Å². The first-order valence-corrected chi connectivity index (χ1v) is 19.4. The Bertz CT molecular complexity index is 3170. The Morgan fingerprint density at radius 2 is 0.873 bits per heavy atom. The second-order valence-electron chi connectivity index (χ2n) is 15.6. The van der Waals surface area contributed by atoms with E-state index in [9.17, 15) is 0 Å². The zero-order chi connectivity index (χ0) is 36.7. The van der Waals surface area contributed by atoms with Gasteiger partial charge < -0.3 is 0 Å². The smallest absolute Gasteiger partial charge is 0.0159 e. The third-order valence-electron chi connectivity index (χ3n) is 12.2. The Labute approximate surface area is 322 Å². The van der Waals surface area contributed by atoms with Crippen LogP contribution in [-0.2, 0) is 5.41 Å². The fraction of sp³-hybridized carbons (Fsp3) is 0.0545. The van der Waals surface area contributed by atoms with Gasteiger partial charge >= 0.3 is 0 Å². The first-order chi connectivity index (χ1) is 27.1. The van der Waals surface area contributed by atoms with E-state index >= 15 is 0 Å². The summed E-state index contributed by atoms with van der Waals surface area (Å²) in [7, 11) is 0. The van der Waals surface area contributed by atoms with E-state index in [0.717, 1.165) is 0 Å². The maximum atomic E-state index is 2.43. The summed E-state index contributed by atoms with van der Waals surface area (Å²) >= 11 is 0. The molecule has 10 aromatic rings. The molecule has 0 saturated heterocycles. The zero-order valence-electron chi connectivity index (χ0n) is 31.0. The Hall–Kier alpha value is -6.76. The van der Waals surface area contributed by atoms with Gasteiger partial charge in [0.2, 0.25) is 0 Å². The van der Waals surface area contributed by atoms with Gasteiger partial charge in [0.15, 0.2) is 0 Å². The molecule has 0 amide bonds. The van der Waals surface area contributed by atoms with Crippen LogP contribution < -0.4 is 0 Å². The van der Waals surface area contributed by atoms with Crippen molar-refractivity contribution >= 4 is 43.1 Å². The Kier molecular flexibility index (Phi) is 7.00. The maximum absolute atomic E-state index is 2.43. The molecule has 0 atom stereocenters. The number of benzene rings is 10. The third-order valence-corrected chi connectivity index (χ3v) is 12.2. The minimum absolute atomic E-state index is 0.130. The van der Waals surface area contributed by atoms with Crippen molar-refractivity contribution in [2.75, 3.05) is 0 Å². The fourth-order valence-corrected chi connectivity index (χ4v) is 9.68. The highest BCUT2D eigenvalue weighted by atomic mass is 14.4. The molecule has 0 unspecified atom stereocenters. The van der Waals surface area contributed by atoms with E-state index in [1.54, 1.807) is 0 Å². The van der Waals surface area contributed by atoms with E-state index in [1.165, 1.54) is 110 Å².